The molecule has 2 aromatic carbocycles. The smallest absolute Gasteiger partial charge is 0.223 e. The maximum atomic E-state index is 12.5. The highest BCUT2D eigenvalue weighted by atomic mass is 35.5. The van der Waals surface area contributed by atoms with Gasteiger partial charge in [-0.1, -0.05) is 53.5 Å². The van der Waals surface area contributed by atoms with Crippen LogP contribution >= 0.6 is 23.2 Å². The van der Waals surface area contributed by atoms with Crippen molar-refractivity contribution >= 4 is 29.1 Å². The monoisotopic (exact) mass is 416 g/mol. The van der Waals surface area contributed by atoms with Crippen molar-refractivity contribution in [2.75, 3.05) is 13.1 Å². The van der Waals surface area contributed by atoms with Gasteiger partial charge >= 0.3 is 0 Å². The third kappa shape index (κ3) is 2.81. The van der Waals surface area contributed by atoms with Crippen molar-refractivity contribution in [2.24, 2.45) is 5.92 Å². The van der Waals surface area contributed by atoms with Crippen LogP contribution < -0.4 is 10.1 Å². The Hall–Kier alpha value is -1.75. The molecule has 0 aromatic heterocycles. The molecule has 3 heterocycles. The van der Waals surface area contributed by atoms with Gasteiger partial charge in [0, 0.05) is 54.4 Å². The Bertz CT molecular complexity index is 936. The number of rotatable bonds is 2. The van der Waals surface area contributed by atoms with Crippen molar-refractivity contribution in [3.05, 3.63) is 63.6 Å². The van der Waals surface area contributed by atoms with Gasteiger partial charge in [0.2, 0.25) is 5.91 Å². The minimum Gasteiger partial charge on any atom is -0.466 e. The maximum absolute atomic E-state index is 12.5. The number of hydrogen-bond acceptors (Lipinski definition) is 3. The Labute approximate surface area is 174 Å². The van der Waals surface area contributed by atoms with Gasteiger partial charge in [-0.3, -0.25) is 9.69 Å². The summed E-state index contributed by atoms with van der Waals surface area (Å²) >= 11 is 12.7. The molecule has 2 fully saturated rings. The number of nitrogens with one attached hydrogen (secondary N) is 1. The van der Waals surface area contributed by atoms with E-state index in [4.69, 9.17) is 27.9 Å². The first-order valence-corrected chi connectivity index (χ1v) is 10.5. The first kappa shape index (κ1) is 18.3. The van der Waals surface area contributed by atoms with Crippen LogP contribution in [0.25, 0.3) is 0 Å². The molecule has 28 heavy (non-hydrogen) atoms. The second-order valence-corrected chi connectivity index (χ2v) is 8.94. The van der Waals surface area contributed by atoms with Gasteiger partial charge in [-0.15, -0.1) is 0 Å². The van der Waals surface area contributed by atoms with Crippen molar-refractivity contribution in [3.63, 3.8) is 0 Å². The van der Waals surface area contributed by atoms with Gasteiger partial charge in [0.15, 0.2) is 5.72 Å². The zero-order valence-corrected chi connectivity index (χ0v) is 17.1. The summed E-state index contributed by atoms with van der Waals surface area (Å²) < 4.78 is 6.44. The zero-order valence-electron chi connectivity index (χ0n) is 15.6. The minimum absolute atomic E-state index is 0.0348. The van der Waals surface area contributed by atoms with E-state index in [1.807, 2.05) is 12.1 Å². The molecule has 5 rings (SSSR count). The number of amides is 1. The third-order valence-corrected chi connectivity index (χ3v) is 7.09. The molecule has 0 aliphatic carbocycles. The van der Waals surface area contributed by atoms with E-state index in [1.54, 1.807) is 6.07 Å². The van der Waals surface area contributed by atoms with Gasteiger partial charge in [0.05, 0.1) is 5.02 Å². The summed E-state index contributed by atoms with van der Waals surface area (Å²) in [6.45, 7) is 3.94. The summed E-state index contributed by atoms with van der Waals surface area (Å²) in [6.07, 6.45) is 1.17. The average molecular weight is 417 g/mol. The van der Waals surface area contributed by atoms with Crippen LogP contribution in [0.5, 0.6) is 5.75 Å². The van der Waals surface area contributed by atoms with Gasteiger partial charge in [0.25, 0.3) is 0 Å². The largest absolute Gasteiger partial charge is 0.466 e. The SMILES string of the molecule is C[C@@H](c1ccccc1)N1CC[C@@]23NC(=O)C[C@@H](c4cc(Cl)cc(Cl)c4O2)[C@H]3C1. The molecule has 146 valence electrons. The number of piperidine rings is 2. The Balaban J connectivity index is 1.52. The Morgan fingerprint density at radius 3 is 2.82 bits per heavy atom. The van der Waals surface area contributed by atoms with Gasteiger partial charge in [-0.25, -0.2) is 0 Å². The lowest BCUT2D eigenvalue weighted by atomic mass is 9.69. The molecule has 4 atom stereocenters. The molecule has 0 spiro atoms. The number of likely N-dealkylation sites (tertiary alicyclic amines) is 1. The number of ether oxygens (including phenoxy) is 1. The quantitative estimate of drug-likeness (QED) is 0.766. The van der Waals surface area contributed by atoms with Crippen molar-refractivity contribution in [1.29, 1.82) is 0 Å². The first-order valence-electron chi connectivity index (χ1n) is 9.75. The molecule has 6 heteroatoms. The summed E-state index contributed by atoms with van der Waals surface area (Å²) in [5, 5.41) is 4.26. The molecular formula is C22H22Cl2N2O2. The fourth-order valence-electron chi connectivity index (χ4n) is 5.14. The molecule has 0 unspecified atom stereocenters. The average Bonchev–Trinajstić information content (AvgIpc) is 2.68. The van der Waals surface area contributed by atoms with Crippen LogP contribution in [0.4, 0.5) is 0 Å². The van der Waals surface area contributed by atoms with E-state index >= 15 is 0 Å². The molecule has 2 saturated heterocycles. The normalized spacial score (nSPS) is 29.9. The Morgan fingerprint density at radius 1 is 1.25 bits per heavy atom. The van der Waals surface area contributed by atoms with Crippen molar-refractivity contribution < 1.29 is 9.53 Å². The summed E-state index contributed by atoms with van der Waals surface area (Å²) in [5.41, 5.74) is 1.58. The van der Waals surface area contributed by atoms with E-state index in [1.165, 1.54) is 5.56 Å². The van der Waals surface area contributed by atoms with Crippen molar-refractivity contribution in [1.82, 2.24) is 10.2 Å². The first-order chi connectivity index (χ1) is 13.5. The highest BCUT2D eigenvalue weighted by Gasteiger charge is 2.57. The van der Waals surface area contributed by atoms with Crippen LogP contribution in [0, 0.1) is 5.92 Å². The highest BCUT2D eigenvalue weighted by Crippen LogP contribution is 2.54. The predicted octanol–water partition coefficient (Wildman–Crippen LogP) is 4.77. The van der Waals surface area contributed by atoms with E-state index < -0.39 is 5.72 Å². The molecular weight excluding hydrogens is 395 g/mol. The lowest BCUT2D eigenvalue weighted by Crippen LogP contribution is -2.70. The topological polar surface area (TPSA) is 41.6 Å². The summed E-state index contributed by atoms with van der Waals surface area (Å²) in [6, 6.07) is 14.5. The van der Waals surface area contributed by atoms with Crippen molar-refractivity contribution in [2.45, 2.75) is 37.5 Å². The Morgan fingerprint density at radius 2 is 2.04 bits per heavy atom. The van der Waals surface area contributed by atoms with Gasteiger partial charge in [-0.05, 0) is 24.6 Å². The van der Waals surface area contributed by atoms with Crippen LogP contribution in [0.15, 0.2) is 42.5 Å². The van der Waals surface area contributed by atoms with E-state index in [-0.39, 0.29) is 17.7 Å². The molecule has 1 N–H and O–H groups in total. The fourth-order valence-corrected chi connectivity index (χ4v) is 5.69. The van der Waals surface area contributed by atoms with Crippen molar-refractivity contribution in [3.8, 4) is 5.75 Å². The third-order valence-electron chi connectivity index (χ3n) is 6.59. The number of benzene rings is 2. The number of carbonyl (C=O) groups is 1. The van der Waals surface area contributed by atoms with Gasteiger partial charge in [0.1, 0.15) is 5.75 Å². The molecule has 4 nitrogen and oxygen atoms in total. The number of nitrogens with zero attached hydrogens (tertiary/aromatic N) is 1. The molecule has 1 amide bonds. The lowest BCUT2D eigenvalue weighted by Gasteiger charge is -2.56. The van der Waals surface area contributed by atoms with Crippen LogP contribution in [-0.2, 0) is 4.79 Å². The van der Waals surface area contributed by atoms with Crippen LogP contribution in [-0.4, -0.2) is 29.6 Å². The van der Waals surface area contributed by atoms with Gasteiger partial charge < -0.3 is 10.1 Å². The standard InChI is InChI=1S/C22H22Cl2N2O2/c1-13(14-5-3-2-4-6-14)26-8-7-22-18(12-26)16(11-20(27)25-22)17-9-15(23)10-19(24)21(17)28-22/h2-6,9-10,13,16,18H,7-8,11-12H2,1H3,(H,25,27)/t13-,16-,18+,22+/m0/s1. The predicted molar refractivity (Wildman–Crippen MR) is 110 cm³/mol. The Kier molecular flexibility index (Phi) is 4.34. The molecule has 3 aliphatic heterocycles. The lowest BCUT2D eigenvalue weighted by molar-refractivity contribution is -0.154. The number of fused-ring (bicyclic) bond motifs is 2. The molecule has 0 radical (unpaired) electrons. The van der Waals surface area contributed by atoms with E-state index in [2.05, 4.69) is 41.4 Å². The fraction of sp³-hybridized carbons (Fsp3) is 0.409. The van der Waals surface area contributed by atoms with Crippen LogP contribution in [0.3, 0.4) is 0 Å². The zero-order chi connectivity index (χ0) is 19.5. The van der Waals surface area contributed by atoms with E-state index in [0.29, 0.717) is 28.3 Å². The second-order valence-electron chi connectivity index (χ2n) is 8.09. The number of hydrogen-bond donors (Lipinski definition) is 1. The summed E-state index contributed by atoms with van der Waals surface area (Å²) in [4.78, 5) is 15.0. The van der Waals surface area contributed by atoms with Gasteiger partial charge in [-0.2, -0.15) is 0 Å². The molecule has 3 aliphatic rings. The second kappa shape index (κ2) is 6.65. The molecule has 0 saturated carbocycles. The summed E-state index contributed by atoms with van der Waals surface area (Å²) in [5.74, 6) is 0.927. The molecule has 2 aromatic rings. The maximum Gasteiger partial charge on any atom is 0.223 e. The number of carbonyl (C=O) groups excluding carboxylic acids is 1. The number of halogens is 2. The summed E-state index contributed by atoms with van der Waals surface area (Å²) in [7, 11) is 0. The highest BCUT2D eigenvalue weighted by molar-refractivity contribution is 6.35. The minimum atomic E-state index is -0.683. The van der Waals surface area contributed by atoms with Crippen LogP contribution in [0.2, 0.25) is 10.0 Å². The van der Waals surface area contributed by atoms with Crippen LogP contribution in [0.1, 0.15) is 42.9 Å². The van der Waals surface area contributed by atoms with E-state index in [9.17, 15) is 4.79 Å². The molecule has 2 bridgehead atoms. The van der Waals surface area contributed by atoms with E-state index in [0.717, 1.165) is 25.1 Å².